The minimum absolute atomic E-state index is 0.0948. The fourth-order valence-corrected chi connectivity index (χ4v) is 3.81. The molecule has 5 heteroatoms. The van der Waals surface area contributed by atoms with Gasteiger partial charge in [0.2, 0.25) is 5.75 Å². The number of benzene rings is 3. The maximum atomic E-state index is 12.8. The fourth-order valence-electron chi connectivity index (χ4n) is 3.81. The minimum Gasteiger partial charge on any atom is -0.493 e. The van der Waals surface area contributed by atoms with Gasteiger partial charge in [0.15, 0.2) is 17.6 Å². The number of ether oxygens (including phenoxy) is 4. The average Bonchev–Trinajstić information content (AvgIpc) is 3.07. The van der Waals surface area contributed by atoms with E-state index in [1.54, 1.807) is 33.5 Å². The van der Waals surface area contributed by atoms with Crippen LogP contribution in [0.1, 0.15) is 22.8 Å². The Morgan fingerprint density at radius 3 is 1.79 bits per heavy atom. The van der Waals surface area contributed by atoms with Crippen molar-refractivity contribution < 1.29 is 23.7 Å². The molecule has 0 N–H and O–H groups in total. The minimum atomic E-state index is -0.406. The summed E-state index contributed by atoms with van der Waals surface area (Å²) in [5.74, 6) is 1.18. The van der Waals surface area contributed by atoms with Crippen molar-refractivity contribution in [3.8, 4) is 28.4 Å². The maximum absolute atomic E-state index is 12.8. The normalized spacial score (nSPS) is 12.1. The van der Waals surface area contributed by atoms with Gasteiger partial charge in [-0.3, -0.25) is 4.79 Å². The molecular weight excluding hydrogens is 368 g/mol. The highest BCUT2D eigenvalue weighted by atomic mass is 16.5. The largest absolute Gasteiger partial charge is 0.493 e. The van der Waals surface area contributed by atoms with E-state index in [0.29, 0.717) is 17.2 Å². The Morgan fingerprint density at radius 2 is 1.31 bits per heavy atom. The Labute approximate surface area is 169 Å². The fraction of sp³-hybridized carbons (Fsp3) is 0.208. The molecule has 0 heterocycles. The lowest BCUT2D eigenvalue weighted by atomic mass is 10.1. The lowest BCUT2D eigenvalue weighted by Crippen LogP contribution is -2.13. The van der Waals surface area contributed by atoms with Crippen molar-refractivity contribution in [1.29, 1.82) is 0 Å². The molecule has 148 valence electrons. The molecule has 29 heavy (non-hydrogen) atoms. The molecule has 0 fully saturated rings. The molecule has 1 aliphatic carbocycles. The maximum Gasteiger partial charge on any atom is 0.311 e. The highest BCUT2D eigenvalue weighted by Crippen LogP contribution is 2.45. The first-order chi connectivity index (χ1) is 14.2. The van der Waals surface area contributed by atoms with Crippen LogP contribution in [0.25, 0.3) is 11.1 Å². The second-order valence-electron chi connectivity index (χ2n) is 6.75. The molecule has 3 aromatic rings. The first-order valence-electron chi connectivity index (χ1n) is 9.32. The molecule has 0 aromatic heterocycles. The molecule has 3 aromatic carbocycles. The first kappa shape index (κ1) is 18.9. The SMILES string of the molecule is COc1cc(CC(=O)OC2c3ccccc3-c3ccccc32)cc(OC)c1OC. The van der Waals surface area contributed by atoms with Gasteiger partial charge in [-0.1, -0.05) is 48.5 Å². The molecule has 1 aliphatic rings. The van der Waals surface area contributed by atoms with Crippen LogP contribution in [0, 0.1) is 0 Å². The summed E-state index contributed by atoms with van der Waals surface area (Å²) in [7, 11) is 4.64. The lowest BCUT2D eigenvalue weighted by molar-refractivity contribution is -0.146. The predicted molar refractivity (Wildman–Crippen MR) is 110 cm³/mol. The summed E-state index contributed by atoms with van der Waals surface area (Å²) >= 11 is 0. The van der Waals surface area contributed by atoms with Crippen LogP contribution in [0.2, 0.25) is 0 Å². The summed E-state index contributed by atoms with van der Waals surface area (Å²) in [6.45, 7) is 0. The standard InChI is InChI=1S/C24H22O5/c1-26-20-12-15(13-21(27-2)24(20)28-3)14-22(25)29-23-18-10-6-4-8-16(18)17-9-5-7-11-19(17)23/h4-13,23H,14H2,1-3H3. The van der Waals surface area contributed by atoms with Gasteiger partial charge >= 0.3 is 5.97 Å². The summed E-state index contributed by atoms with van der Waals surface area (Å²) in [6.07, 6.45) is -0.311. The third-order valence-electron chi connectivity index (χ3n) is 5.10. The number of esters is 1. The zero-order valence-electron chi connectivity index (χ0n) is 16.6. The number of hydrogen-bond acceptors (Lipinski definition) is 5. The number of carbonyl (C=O) groups is 1. The smallest absolute Gasteiger partial charge is 0.311 e. The summed E-state index contributed by atoms with van der Waals surface area (Å²) in [5, 5.41) is 0. The summed E-state index contributed by atoms with van der Waals surface area (Å²) in [4.78, 5) is 12.8. The van der Waals surface area contributed by atoms with Crippen LogP contribution in [0.15, 0.2) is 60.7 Å². The van der Waals surface area contributed by atoms with Gasteiger partial charge in [-0.05, 0) is 28.8 Å². The number of methoxy groups -OCH3 is 3. The van der Waals surface area contributed by atoms with Crippen LogP contribution < -0.4 is 14.2 Å². The zero-order chi connectivity index (χ0) is 20.4. The van der Waals surface area contributed by atoms with E-state index in [-0.39, 0.29) is 12.4 Å². The van der Waals surface area contributed by atoms with Crippen molar-refractivity contribution in [2.75, 3.05) is 21.3 Å². The zero-order valence-corrected chi connectivity index (χ0v) is 16.6. The summed E-state index contributed by atoms with van der Waals surface area (Å²) in [5.41, 5.74) is 4.95. The summed E-state index contributed by atoms with van der Waals surface area (Å²) in [6, 6.07) is 19.6. The number of carbonyl (C=O) groups excluding carboxylic acids is 1. The highest BCUT2D eigenvalue weighted by Gasteiger charge is 2.31. The van der Waals surface area contributed by atoms with Gasteiger partial charge in [-0.2, -0.15) is 0 Å². The number of rotatable bonds is 6. The van der Waals surface area contributed by atoms with Gasteiger partial charge in [0.25, 0.3) is 0 Å². The third-order valence-corrected chi connectivity index (χ3v) is 5.10. The molecule has 5 nitrogen and oxygen atoms in total. The van der Waals surface area contributed by atoms with Gasteiger partial charge < -0.3 is 18.9 Å². The van der Waals surface area contributed by atoms with Crippen LogP contribution in [-0.2, 0) is 16.0 Å². The van der Waals surface area contributed by atoms with Gasteiger partial charge in [0.1, 0.15) is 0 Å². The molecule has 0 amide bonds. The van der Waals surface area contributed by atoms with Crippen molar-refractivity contribution in [2.24, 2.45) is 0 Å². The van der Waals surface area contributed by atoms with E-state index in [4.69, 9.17) is 18.9 Å². The van der Waals surface area contributed by atoms with Gasteiger partial charge in [-0.25, -0.2) is 0 Å². The van der Waals surface area contributed by atoms with Crippen LogP contribution in [0.4, 0.5) is 0 Å². The van der Waals surface area contributed by atoms with Crippen molar-refractivity contribution >= 4 is 5.97 Å². The van der Waals surface area contributed by atoms with E-state index < -0.39 is 6.10 Å². The van der Waals surface area contributed by atoms with Crippen LogP contribution >= 0.6 is 0 Å². The van der Waals surface area contributed by atoms with Gasteiger partial charge in [0, 0.05) is 11.1 Å². The van der Waals surface area contributed by atoms with Crippen LogP contribution in [-0.4, -0.2) is 27.3 Å². The van der Waals surface area contributed by atoms with Crippen LogP contribution in [0.5, 0.6) is 17.2 Å². The Morgan fingerprint density at radius 1 is 0.793 bits per heavy atom. The Hall–Kier alpha value is -3.47. The Balaban J connectivity index is 1.60. The highest BCUT2D eigenvalue weighted by molar-refractivity contribution is 5.81. The van der Waals surface area contributed by atoms with E-state index in [2.05, 4.69) is 12.1 Å². The Kier molecular flexibility index (Phi) is 5.12. The molecule has 0 atom stereocenters. The van der Waals surface area contributed by atoms with E-state index in [1.807, 2.05) is 36.4 Å². The Bertz CT molecular complexity index is 986. The third kappa shape index (κ3) is 3.40. The lowest BCUT2D eigenvalue weighted by Gasteiger charge is -2.16. The van der Waals surface area contributed by atoms with Crippen molar-refractivity contribution in [3.05, 3.63) is 77.4 Å². The quantitative estimate of drug-likeness (QED) is 0.577. The molecule has 0 bridgehead atoms. The van der Waals surface area contributed by atoms with Crippen LogP contribution in [0.3, 0.4) is 0 Å². The average molecular weight is 390 g/mol. The van der Waals surface area contributed by atoms with Gasteiger partial charge in [-0.15, -0.1) is 0 Å². The second-order valence-corrected chi connectivity index (χ2v) is 6.75. The predicted octanol–water partition coefficient (Wildman–Crippen LogP) is 4.57. The van der Waals surface area contributed by atoms with Crippen molar-refractivity contribution in [2.45, 2.75) is 12.5 Å². The van der Waals surface area contributed by atoms with E-state index in [0.717, 1.165) is 27.8 Å². The van der Waals surface area contributed by atoms with Gasteiger partial charge in [0.05, 0.1) is 27.8 Å². The molecule has 0 unspecified atom stereocenters. The monoisotopic (exact) mass is 390 g/mol. The van der Waals surface area contributed by atoms with E-state index >= 15 is 0 Å². The molecule has 0 saturated carbocycles. The van der Waals surface area contributed by atoms with Crippen molar-refractivity contribution in [3.63, 3.8) is 0 Å². The molecule has 4 rings (SSSR count). The number of fused-ring (bicyclic) bond motifs is 3. The number of hydrogen-bond donors (Lipinski definition) is 0. The molecule has 0 aliphatic heterocycles. The molecule has 0 spiro atoms. The molecule has 0 saturated heterocycles. The molecule has 0 radical (unpaired) electrons. The molecular formula is C24H22O5. The topological polar surface area (TPSA) is 54.0 Å². The van der Waals surface area contributed by atoms with Crippen molar-refractivity contribution in [1.82, 2.24) is 0 Å². The van der Waals surface area contributed by atoms with E-state index in [9.17, 15) is 4.79 Å². The first-order valence-corrected chi connectivity index (χ1v) is 9.32. The van der Waals surface area contributed by atoms with E-state index in [1.165, 1.54) is 0 Å². The summed E-state index contributed by atoms with van der Waals surface area (Å²) < 4.78 is 22.0. The second kappa shape index (κ2) is 7.87.